The van der Waals surface area contributed by atoms with Crippen LogP contribution in [0.15, 0.2) is 187 Å². The quantitative estimate of drug-likeness (QED) is 0.195. The first-order valence-electron chi connectivity index (χ1n) is 16.5. The van der Waals surface area contributed by atoms with Crippen molar-refractivity contribution in [2.45, 2.75) is 11.6 Å². The van der Waals surface area contributed by atoms with Gasteiger partial charge in [-0.15, -0.1) is 0 Å². The highest BCUT2D eigenvalue weighted by Crippen LogP contribution is 2.56. The number of nitrogens with one attached hydrogen (secondary N) is 2. The van der Waals surface area contributed by atoms with E-state index in [1.165, 1.54) is 55.6 Å². The molecule has 0 saturated heterocycles. The fraction of sp³-hybridized carbons (Fsp3) is 0.0444. The van der Waals surface area contributed by atoms with Crippen molar-refractivity contribution in [3.63, 3.8) is 0 Å². The van der Waals surface area contributed by atoms with Crippen molar-refractivity contribution in [3.05, 3.63) is 215 Å². The lowest BCUT2D eigenvalue weighted by Gasteiger charge is -2.34. The van der Waals surface area contributed by atoms with Gasteiger partial charge in [-0.25, -0.2) is 0 Å². The van der Waals surface area contributed by atoms with Crippen molar-refractivity contribution in [2.24, 2.45) is 5.10 Å². The van der Waals surface area contributed by atoms with Gasteiger partial charge in [0.05, 0.1) is 5.41 Å². The average Bonchev–Trinajstić information content (AvgIpc) is 3.78. The summed E-state index contributed by atoms with van der Waals surface area (Å²) in [6.07, 6.45) is -0.126. The molecule has 1 aliphatic carbocycles. The van der Waals surface area contributed by atoms with Gasteiger partial charge in [0.1, 0.15) is 6.17 Å². The predicted octanol–water partition coefficient (Wildman–Crippen LogP) is 9.94. The van der Waals surface area contributed by atoms with E-state index in [0.717, 1.165) is 17.0 Å². The Morgan fingerprint density at radius 2 is 0.979 bits per heavy atom. The molecule has 0 spiro atoms. The Bertz CT molecular complexity index is 2280. The van der Waals surface area contributed by atoms with Crippen LogP contribution in [-0.4, -0.2) is 5.84 Å². The van der Waals surface area contributed by atoms with Crippen molar-refractivity contribution in [2.75, 3.05) is 0 Å². The molecule has 0 saturated carbocycles. The molecule has 0 aromatic heterocycles. The molecule has 2 atom stereocenters. The number of rotatable bonds is 6. The van der Waals surface area contributed by atoms with Crippen LogP contribution in [0.4, 0.5) is 0 Å². The lowest BCUT2D eigenvalue weighted by molar-refractivity contribution is 0.576. The second-order valence-corrected chi connectivity index (χ2v) is 12.5. The van der Waals surface area contributed by atoms with E-state index < -0.39 is 5.41 Å². The summed E-state index contributed by atoms with van der Waals surface area (Å²) in [7, 11) is 0. The van der Waals surface area contributed by atoms with Crippen LogP contribution in [0.2, 0.25) is 0 Å². The molecule has 2 aliphatic rings. The summed E-state index contributed by atoms with van der Waals surface area (Å²) in [6.45, 7) is 0. The minimum atomic E-state index is -0.451. The topological polar surface area (TPSA) is 36.4 Å². The van der Waals surface area contributed by atoms with E-state index in [9.17, 15) is 0 Å². The second-order valence-electron chi connectivity index (χ2n) is 12.5. The molecular formula is C45H33N3. The fourth-order valence-corrected chi connectivity index (χ4v) is 7.70. The van der Waals surface area contributed by atoms with E-state index >= 15 is 0 Å². The highest BCUT2D eigenvalue weighted by Gasteiger charge is 2.46. The number of benzene rings is 7. The Labute approximate surface area is 281 Å². The van der Waals surface area contributed by atoms with Gasteiger partial charge in [-0.2, -0.15) is 5.10 Å². The van der Waals surface area contributed by atoms with E-state index in [-0.39, 0.29) is 6.17 Å². The third-order valence-electron chi connectivity index (χ3n) is 9.89. The van der Waals surface area contributed by atoms with Gasteiger partial charge in [0, 0.05) is 11.1 Å². The number of hydrazone groups is 1. The van der Waals surface area contributed by atoms with Crippen LogP contribution in [0.3, 0.4) is 0 Å². The van der Waals surface area contributed by atoms with Crippen LogP contribution in [0.1, 0.15) is 39.5 Å². The lowest BCUT2D eigenvalue weighted by Crippen LogP contribution is -2.28. The molecule has 3 heteroatoms. The van der Waals surface area contributed by atoms with E-state index in [0.29, 0.717) is 0 Å². The summed E-state index contributed by atoms with van der Waals surface area (Å²) in [4.78, 5) is 0. The first-order valence-corrected chi connectivity index (χ1v) is 16.5. The minimum absolute atomic E-state index is 0.126. The molecular weight excluding hydrogens is 583 g/mol. The minimum Gasteiger partial charge on any atom is -0.343 e. The Balaban J connectivity index is 1.15. The number of fused-ring (bicyclic) bond motifs is 3. The highest BCUT2D eigenvalue weighted by atomic mass is 15.4. The van der Waals surface area contributed by atoms with Gasteiger partial charge in [-0.05, 0) is 61.7 Å². The zero-order valence-electron chi connectivity index (χ0n) is 26.3. The Morgan fingerprint density at radius 3 is 1.73 bits per heavy atom. The Morgan fingerprint density at radius 1 is 0.417 bits per heavy atom. The molecule has 2 unspecified atom stereocenters. The van der Waals surface area contributed by atoms with Crippen LogP contribution in [-0.2, 0) is 5.41 Å². The van der Waals surface area contributed by atoms with Crippen LogP contribution < -0.4 is 10.7 Å². The predicted molar refractivity (Wildman–Crippen MR) is 197 cm³/mol. The molecule has 1 heterocycles. The Hall–Kier alpha value is -6.19. The van der Waals surface area contributed by atoms with E-state index in [1.54, 1.807) is 0 Å². The van der Waals surface area contributed by atoms with Crippen LogP contribution in [0.5, 0.6) is 0 Å². The van der Waals surface area contributed by atoms with Crippen LogP contribution in [0, 0.1) is 0 Å². The lowest BCUT2D eigenvalue weighted by atomic mass is 9.67. The van der Waals surface area contributed by atoms with E-state index in [2.05, 4.69) is 180 Å². The summed E-state index contributed by atoms with van der Waals surface area (Å²) in [5, 5.41) is 8.23. The first-order chi connectivity index (χ1) is 23.8. The van der Waals surface area contributed by atoms with Crippen molar-refractivity contribution in [1.29, 1.82) is 0 Å². The molecule has 3 nitrogen and oxygen atoms in total. The second kappa shape index (κ2) is 11.6. The molecule has 7 aromatic rings. The number of hydrogen-bond donors (Lipinski definition) is 2. The summed E-state index contributed by atoms with van der Waals surface area (Å²) >= 11 is 0. The molecule has 0 radical (unpaired) electrons. The molecule has 48 heavy (non-hydrogen) atoms. The molecule has 0 fully saturated rings. The molecule has 7 aromatic carbocycles. The smallest absolute Gasteiger partial charge is 0.155 e. The number of hydrogen-bond acceptors (Lipinski definition) is 3. The maximum absolute atomic E-state index is 4.63. The normalized spacial score (nSPS) is 17.5. The van der Waals surface area contributed by atoms with Gasteiger partial charge in [0.15, 0.2) is 5.84 Å². The van der Waals surface area contributed by atoms with Gasteiger partial charge in [-0.3, -0.25) is 5.43 Å². The number of amidine groups is 1. The molecule has 228 valence electrons. The third-order valence-corrected chi connectivity index (χ3v) is 9.89. The first kappa shape index (κ1) is 28.1. The largest absolute Gasteiger partial charge is 0.343 e. The number of nitrogens with zero attached hydrogens (tertiary/aromatic N) is 1. The van der Waals surface area contributed by atoms with Gasteiger partial charge >= 0.3 is 0 Å². The van der Waals surface area contributed by atoms with Crippen LogP contribution in [0.25, 0.3) is 33.4 Å². The summed E-state index contributed by atoms with van der Waals surface area (Å²) in [6, 6.07) is 65.7. The maximum atomic E-state index is 4.63. The summed E-state index contributed by atoms with van der Waals surface area (Å²) in [5.41, 5.74) is 17.6. The standard InChI is InChI=1S/C45H33N3/c1-4-14-31(15-5-1)34-26-29-42-40(30-34)38-21-12-13-23-41(38)45(42,35-18-8-3-9-19-35)36-27-24-32(25-28-36)37-20-10-11-22-39(37)44-46-43(47-48-44)33-16-6-2-7-17-33/h1-30,44,48H,(H,46,47). The Kier molecular flexibility index (Phi) is 6.76. The van der Waals surface area contributed by atoms with Gasteiger partial charge in [0.2, 0.25) is 0 Å². The van der Waals surface area contributed by atoms with Crippen molar-refractivity contribution in [3.8, 4) is 33.4 Å². The zero-order chi connectivity index (χ0) is 31.9. The molecule has 0 bridgehead atoms. The van der Waals surface area contributed by atoms with Gasteiger partial charge in [-0.1, -0.05) is 176 Å². The summed E-state index contributed by atoms with van der Waals surface area (Å²) < 4.78 is 0. The SMILES string of the molecule is c1ccc(C2=NNC(c3ccccc3-c3ccc(C4(c5ccccc5)c5ccccc5-c5cc(-c6ccccc6)ccc54)cc3)N2)cc1. The summed E-state index contributed by atoms with van der Waals surface area (Å²) in [5.74, 6) is 0.851. The van der Waals surface area contributed by atoms with Crippen molar-refractivity contribution in [1.82, 2.24) is 10.7 Å². The van der Waals surface area contributed by atoms with E-state index in [4.69, 9.17) is 0 Å². The molecule has 0 amide bonds. The molecule has 9 rings (SSSR count). The monoisotopic (exact) mass is 615 g/mol. The third kappa shape index (κ3) is 4.47. The molecule has 2 N–H and O–H groups in total. The fourth-order valence-electron chi connectivity index (χ4n) is 7.70. The molecule has 1 aliphatic heterocycles. The van der Waals surface area contributed by atoms with Gasteiger partial charge < -0.3 is 5.32 Å². The van der Waals surface area contributed by atoms with Crippen molar-refractivity contribution >= 4 is 5.84 Å². The zero-order valence-corrected chi connectivity index (χ0v) is 26.3. The maximum Gasteiger partial charge on any atom is 0.155 e. The van der Waals surface area contributed by atoms with Gasteiger partial charge in [0.25, 0.3) is 0 Å². The highest BCUT2D eigenvalue weighted by molar-refractivity contribution is 6.00. The van der Waals surface area contributed by atoms with E-state index in [1.807, 2.05) is 18.2 Å². The average molecular weight is 616 g/mol. The van der Waals surface area contributed by atoms with Crippen LogP contribution >= 0.6 is 0 Å². The van der Waals surface area contributed by atoms with Crippen molar-refractivity contribution < 1.29 is 0 Å².